The summed E-state index contributed by atoms with van der Waals surface area (Å²) in [6.45, 7) is 2.01. The van der Waals surface area contributed by atoms with Crippen molar-refractivity contribution in [2.24, 2.45) is 5.10 Å². The fourth-order valence-electron chi connectivity index (χ4n) is 3.01. The number of para-hydroxylation sites is 1. The smallest absolute Gasteiger partial charge is 0.267 e. The molecule has 0 fully saturated rings. The molecule has 28 heavy (non-hydrogen) atoms. The molecule has 4 aromatic rings. The summed E-state index contributed by atoms with van der Waals surface area (Å²) < 4.78 is 0. The van der Waals surface area contributed by atoms with Gasteiger partial charge in [0.15, 0.2) is 0 Å². The Kier molecular flexibility index (Phi) is 4.89. The van der Waals surface area contributed by atoms with Crippen LogP contribution in [0.2, 0.25) is 0 Å². The number of carbonyl (C=O) groups is 1. The van der Waals surface area contributed by atoms with Gasteiger partial charge >= 0.3 is 0 Å². The molecule has 0 aliphatic rings. The molecule has 0 bridgehead atoms. The lowest BCUT2D eigenvalue weighted by Gasteiger charge is -2.09. The van der Waals surface area contributed by atoms with Crippen molar-refractivity contribution in [3.8, 4) is 11.3 Å². The largest absolute Gasteiger partial charge is 0.272 e. The van der Waals surface area contributed by atoms with Crippen LogP contribution in [-0.4, -0.2) is 22.1 Å². The number of pyridine rings is 2. The van der Waals surface area contributed by atoms with Gasteiger partial charge in [-0.2, -0.15) is 5.10 Å². The number of nitrogens with zero attached hydrogens (tertiary/aromatic N) is 3. The molecule has 1 N–H and O–H groups in total. The van der Waals surface area contributed by atoms with Gasteiger partial charge in [0.05, 0.1) is 23.0 Å². The van der Waals surface area contributed by atoms with Crippen molar-refractivity contribution in [2.45, 2.75) is 6.92 Å². The molecule has 5 nitrogen and oxygen atoms in total. The predicted molar refractivity (Wildman–Crippen MR) is 111 cm³/mol. The molecule has 136 valence electrons. The van der Waals surface area contributed by atoms with Gasteiger partial charge in [0.25, 0.3) is 5.91 Å². The molecule has 2 aromatic heterocycles. The minimum Gasteiger partial charge on any atom is -0.267 e. The maximum Gasteiger partial charge on any atom is 0.272 e. The summed E-state index contributed by atoms with van der Waals surface area (Å²) in [6.07, 6.45) is 5.05. The van der Waals surface area contributed by atoms with E-state index in [2.05, 4.69) is 20.5 Å². The molecular weight excluding hydrogens is 348 g/mol. The number of amides is 1. The summed E-state index contributed by atoms with van der Waals surface area (Å²) in [6, 6.07) is 21.0. The number of nitrogens with one attached hydrogen (secondary N) is 1. The first-order valence-electron chi connectivity index (χ1n) is 8.91. The topological polar surface area (TPSA) is 67.2 Å². The van der Waals surface area contributed by atoms with Crippen LogP contribution in [0.5, 0.6) is 0 Å². The predicted octanol–water partition coefficient (Wildman–Crippen LogP) is 4.37. The summed E-state index contributed by atoms with van der Waals surface area (Å²) in [4.78, 5) is 21.6. The molecule has 0 saturated carbocycles. The molecule has 0 aliphatic heterocycles. The van der Waals surface area contributed by atoms with Crippen LogP contribution >= 0.6 is 0 Å². The van der Waals surface area contributed by atoms with Crippen LogP contribution in [0.3, 0.4) is 0 Å². The van der Waals surface area contributed by atoms with Crippen molar-refractivity contribution in [1.29, 1.82) is 0 Å². The highest BCUT2D eigenvalue weighted by Gasteiger charge is 2.13. The first-order valence-corrected chi connectivity index (χ1v) is 8.91. The summed E-state index contributed by atoms with van der Waals surface area (Å²) >= 11 is 0. The van der Waals surface area contributed by atoms with Crippen LogP contribution < -0.4 is 5.43 Å². The van der Waals surface area contributed by atoms with Gasteiger partial charge in [-0.25, -0.2) is 10.4 Å². The number of hydrazone groups is 1. The third kappa shape index (κ3) is 3.78. The molecule has 2 heterocycles. The molecule has 1 amide bonds. The third-order valence-corrected chi connectivity index (χ3v) is 4.36. The second-order valence-electron chi connectivity index (χ2n) is 6.42. The monoisotopic (exact) mass is 366 g/mol. The standard InChI is InChI=1S/C23H18N4O/c1-16-5-4-6-17(13-16)15-25-27-23(28)20-14-22(18-9-11-24-12-10-18)26-21-8-3-2-7-19(20)21/h2-15H,1H3,(H,27,28)/b25-15-. The highest BCUT2D eigenvalue weighted by molar-refractivity contribution is 6.07. The van der Waals surface area contributed by atoms with Crippen molar-refractivity contribution in [1.82, 2.24) is 15.4 Å². The van der Waals surface area contributed by atoms with E-state index >= 15 is 0 Å². The molecule has 0 atom stereocenters. The van der Waals surface area contributed by atoms with Crippen molar-refractivity contribution in [3.63, 3.8) is 0 Å². The summed E-state index contributed by atoms with van der Waals surface area (Å²) in [5, 5.41) is 4.89. The zero-order valence-electron chi connectivity index (χ0n) is 15.3. The molecule has 0 spiro atoms. The number of aromatic nitrogens is 2. The van der Waals surface area contributed by atoms with E-state index in [-0.39, 0.29) is 5.91 Å². The number of benzene rings is 2. The molecule has 2 aromatic carbocycles. The zero-order valence-corrected chi connectivity index (χ0v) is 15.3. The van der Waals surface area contributed by atoms with Crippen LogP contribution in [0.15, 0.2) is 84.2 Å². The molecule has 5 heteroatoms. The summed E-state index contributed by atoms with van der Waals surface area (Å²) in [5.74, 6) is -0.280. The lowest BCUT2D eigenvalue weighted by molar-refractivity contribution is 0.0957. The lowest BCUT2D eigenvalue weighted by Crippen LogP contribution is -2.18. The summed E-state index contributed by atoms with van der Waals surface area (Å²) in [5.41, 5.74) is 7.59. The van der Waals surface area contributed by atoms with Crippen LogP contribution in [0, 0.1) is 6.92 Å². The minimum atomic E-state index is -0.280. The van der Waals surface area contributed by atoms with E-state index in [4.69, 9.17) is 0 Å². The number of rotatable bonds is 4. The minimum absolute atomic E-state index is 0.280. The Bertz CT molecular complexity index is 1170. The van der Waals surface area contributed by atoms with E-state index in [1.54, 1.807) is 24.7 Å². The van der Waals surface area contributed by atoms with Gasteiger partial charge in [0.1, 0.15) is 0 Å². The van der Waals surface area contributed by atoms with E-state index in [0.29, 0.717) is 11.3 Å². The first kappa shape index (κ1) is 17.5. The summed E-state index contributed by atoms with van der Waals surface area (Å²) in [7, 11) is 0. The third-order valence-electron chi connectivity index (χ3n) is 4.36. The molecular formula is C23H18N4O. The van der Waals surface area contributed by atoms with Crippen LogP contribution in [0.25, 0.3) is 22.2 Å². The van der Waals surface area contributed by atoms with Gasteiger partial charge in [-0.3, -0.25) is 9.78 Å². The molecule has 0 saturated heterocycles. The molecule has 0 radical (unpaired) electrons. The van der Waals surface area contributed by atoms with Crippen molar-refractivity contribution < 1.29 is 4.79 Å². The van der Waals surface area contributed by atoms with Crippen LogP contribution in [0.1, 0.15) is 21.5 Å². The average molecular weight is 366 g/mol. The Morgan fingerprint density at radius 3 is 2.64 bits per heavy atom. The second-order valence-corrected chi connectivity index (χ2v) is 6.42. The maximum atomic E-state index is 12.8. The number of hydrogen-bond donors (Lipinski definition) is 1. The number of hydrogen-bond acceptors (Lipinski definition) is 4. The van der Waals surface area contributed by atoms with Gasteiger partial charge in [0, 0.05) is 23.3 Å². The Balaban J connectivity index is 1.67. The second kappa shape index (κ2) is 7.80. The highest BCUT2D eigenvalue weighted by atomic mass is 16.2. The lowest BCUT2D eigenvalue weighted by atomic mass is 10.0. The van der Waals surface area contributed by atoms with Gasteiger partial charge in [-0.05, 0) is 36.8 Å². The Hall–Kier alpha value is -3.86. The van der Waals surface area contributed by atoms with Gasteiger partial charge in [-0.1, -0.05) is 48.0 Å². The highest BCUT2D eigenvalue weighted by Crippen LogP contribution is 2.24. The Morgan fingerprint density at radius 1 is 1.00 bits per heavy atom. The number of carbonyl (C=O) groups excluding carboxylic acids is 1. The van der Waals surface area contributed by atoms with Crippen molar-refractivity contribution >= 4 is 23.0 Å². The van der Waals surface area contributed by atoms with E-state index in [1.807, 2.05) is 67.6 Å². The number of aryl methyl sites for hydroxylation is 1. The van der Waals surface area contributed by atoms with E-state index < -0.39 is 0 Å². The molecule has 0 aliphatic carbocycles. The fraction of sp³-hybridized carbons (Fsp3) is 0.0435. The van der Waals surface area contributed by atoms with E-state index in [1.165, 1.54) is 0 Å². The Morgan fingerprint density at radius 2 is 1.82 bits per heavy atom. The van der Waals surface area contributed by atoms with E-state index in [0.717, 1.165) is 27.6 Å². The molecule has 0 unspecified atom stereocenters. The van der Waals surface area contributed by atoms with E-state index in [9.17, 15) is 4.79 Å². The first-order chi connectivity index (χ1) is 13.7. The van der Waals surface area contributed by atoms with Crippen LogP contribution in [0.4, 0.5) is 0 Å². The normalized spacial score (nSPS) is 11.0. The van der Waals surface area contributed by atoms with Crippen molar-refractivity contribution in [2.75, 3.05) is 0 Å². The van der Waals surface area contributed by atoms with Crippen molar-refractivity contribution in [3.05, 3.63) is 95.8 Å². The molecule has 4 rings (SSSR count). The van der Waals surface area contributed by atoms with Crippen LogP contribution in [-0.2, 0) is 0 Å². The SMILES string of the molecule is Cc1cccc(/C=N\NC(=O)c2cc(-c3ccncc3)nc3ccccc23)c1. The fourth-order valence-corrected chi connectivity index (χ4v) is 3.01. The number of fused-ring (bicyclic) bond motifs is 1. The van der Waals surface area contributed by atoms with Gasteiger partial charge in [-0.15, -0.1) is 0 Å². The maximum absolute atomic E-state index is 12.8. The van der Waals surface area contributed by atoms with Gasteiger partial charge < -0.3 is 0 Å². The Labute approximate surface area is 162 Å². The average Bonchev–Trinajstić information content (AvgIpc) is 2.73. The quantitative estimate of drug-likeness (QED) is 0.431. The zero-order chi connectivity index (χ0) is 19.3. The van der Waals surface area contributed by atoms with Gasteiger partial charge in [0.2, 0.25) is 0 Å².